The Labute approximate surface area is 191 Å². The molecule has 2 atom stereocenters. The third kappa shape index (κ3) is 4.97. The van der Waals surface area contributed by atoms with Gasteiger partial charge in [-0.05, 0) is 42.8 Å². The van der Waals surface area contributed by atoms with Gasteiger partial charge in [0.15, 0.2) is 0 Å². The van der Waals surface area contributed by atoms with Crippen molar-refractivity contribution in [2.24, 2.45) is 5.92 Å². The molecule has 0 saturated carbocycles. The van der Waals surface area contributed by atoms with E-state index in [1.165, 1.54) is 11.8 Å². The fourth-order valence-corrected chi connectivity index (χ4v) is 4.36. The number of likely N-dealkylation sites (tertiary alicyclic amines) is 1. The number of amides is 1. The molecule has 0 radical (unpaired) electrons. The van der Waals surface area contributed by atoms with Crippen LogP contribution in [-0.4, -0.2) is 52.7 Å². The van der Waals surface area contributed by atoms with Crippen molar-refractivity contribution in [1.29, 1.82) is 0 Å². The van der Waals surface area contributed by atoms with Crippen molar-refractivity contribution in [2.75, 3.05) is 31.6 Å². The number of anilines is 1. The molecule has 160 valence electrons. The summed E-state index contributed by atoms with van der Waals surface area (Å²) in [6.07, 6.45) is 3.18. The zero-order valence-electron chi connectivity index (χ0n) is 17.4. The standard InChI is InChI=1S/C23H23Cl2N5O/c1-15-9-17(10-27-28-15)23(31)30-13-18(12-29(2)22-8-7-20(25)11-26-22)21(14-30)16-3-5-19(24)6-4-16/h3-11,18,21H,12-14H2,1-2H3. The first-order valence-corrected chi connectivity index (χ1v) is 10.8. The van der Waals surface area contributed by atoms with Crippen LogP contribution < -0.4 is 4.90 Å². The van der Waals surface area contributed by atoms with Crippen LogP contribution in [0.15, 0.2) is 54.9 Å². The fraction of sp³-hybridized carbons (Fsp3) is 0.304. The van der Waals surface area contributed by atoms with Gasteiger partial charge in [-0.3, -0.25) is 4.79 Å². The van der Waals surface area contributed by atoms with Gasteiger partial charge in [0.05, 0.1) is 22.5 Å². The molecule has 31 heavy (non-hydrogen) atoms. The third-order valence-corrected chi connectivity index (χ3v) is 6.14. The maximum absolute atomic E-state index is 13.2. The molecule has 4 rings (SSSR count). The number of benzene rings is 1. The van der Waals surface area contributed by atoms with Crippen molar-refractivity contribution in [1.82, 2.24) is 20.1 Å². The Bertz CT molecular complexity index is 1060. The highest BCUT2D eigenvalue weighted by atomic mass is 35.5. The quantitative estimate of drug-likeness (QED) is 0.567. The SMILES string of the molecule is Cc1cc(C(=O)N2CC(CN(C)c3ccc(Cl)cn3)C(c3ccc(Cl)cc3)C2)cnn1. The van der Waals surface area contributed by atoms with Crippen LogP contribution in [-0.2, 0) is 0 Å². The lowest BCUT2D eigenvalue weighted by atomic mass is 9.88. The first-order valence-electron chi connectivity index (χ1n) is 10.1. The first-order chi connectivity index (χ1) is 14.9. The Balaban J connectivity index is 1.58. The van der Waals surface area contributed by atoms with Gasteiger partial charge in [0.25, 0.3) is 5.91 Å². The number of carbonyl (C=O) groups excluding carboxylic acids is 1. The van der Waals surface area contributed by atoms with Gasteiger partial charge in [0.2, 0.25) is 0 Å². The highest BCUT2D eigenvalue weighted by Gasteiger charge is 2.37. The summed E-state index contributed by atoms with van der Waals surface area (Å²) in [4.78, 5) is 21.6. The average Bonchev–Trinajstić information content (AvgIpc) is 3.18. The van der Waals surface area contributed by atoms with Gasteiger partial charge in [0, 0.05) is 49.7 Å². The number of halogens is 2. The lowest BCUT2D eigenvalue weighted by molar-refractivity contribution is 0.0785. The van der Waals surface area contributed by atoms with Crippen LogP contribution in [0.3, 0.4) is 0 Å². The maximum Gasteiger partial charge on any atom is 0.255 e. The molecule has 2 aromatic heterocycles. The minimum atomic E-state index is -0.0215. The average molecular weight is 456 g/mol. The van der Waals surface area contributed by atoms with Crippen molar-refractivity contribution in [3.63, 3.8) is 0 Å². The molecular weight excluding hydrogens is 433 g/mol. The van der Waals surface area contributed by atoms with Crippen LogP contribution in [0.1, 0.15) is 27.5 Å². The van der Waals surface area contributed by atoms with Crippen LogP contribution in [0.2, 0.25) is 10.0 Å². The summed E-state index contributed by atoms with van der Waals surface area (Å²) in [6, 6.07) is 13.4. The number of pyridine rings is 1. The second kappa shape index (κ2) is 9.20. The molecule has 1 aliphatic heterocycles. The number of hydrogen-bond donors (Lipinski definition) is 0. The Morgan fingerprint density at radius 2 is 1.84 bits per heavy atom. The summed E-state index contributed by atoms with van der Waals surface area (Å²) in [6.45, 7) is 3.86. The van der Waals surface area contributed by atoms with E-state index in [2.05, 4.69) is 20.1 Å². The molecule has 6 nitrogen and oxygen atoms in total. The monoisotopic (exact) mass is 455 g/mol. The van der Waals surface area contributed by atoms with E-state index in [-0.39, 0.29) is 17.7 Å². The molecule has 0 bridgehead atoms. The fourth-order valence-electron chi connectivity index (χ4n) is 4.12. The number of nitrogens with zero attached hydrogens (tertiary/aromatic N) is 5. The van der Waals surface area contributed by atoms with Crippen molar-refractivity contribution in [3.05, 3.63) is 81.7 Å². The topological polar surface area (TPSA) is 62.2 Å². The molecule has 3 aromatic rings. The minimum absolute atomic E-state index is 0.0215. The second-order valence-electron chi connectivity index (χ2n) is 7.93. The number of aryl methyl sites for hydroxylation is 1. The van der Waals surface area contributed by atoms with Crippen molar-refractivity contribution < 1.29 is 4.79 Å². The summed E-state index contributed by atoms with van der Waals surface area (Å²) in [7, 11) is 2.01. The molecule has 3 heterocycles. The first kappa shape index (κ1) is 21.5. The lowest BCUT2D eigenvalue weighted by Crippen LogP contribution is -2.32. The second-order valence-corrected chi connectivity index (χ2v) is 8.80. The Morgan fingerprint density at radius 3 is 2.52 bits per heavy atom. The highest BCUT2D eigenvalue weighted by Crippen LogP contribution is 2.35. The zero-order chi connectivity index (χ0) is 22.0. The van der Waals surface area contributed by atoms with E-state index in [1.807, 2.05) is 55.3 Å². The summed E-state index contributed by atoms with van der Waals surface area (Å²) >= 11 is 12.1. The van der Waals surface area contributed by atoms with Gasteiger partial charge in [-0.15, -0.1) is 0 Å². The van der Waals surface area contributed by atoms with Crippen LogP contribution in [0.5, 0.6) is 0 Å². The lowest BCUT2D eigenvalue weighted by Gasteiger charge is -2.26. The number of hydrogen-bond acceptors (Lipinski definition) is 5. The van der Waals surface area contributed by atoms with Crippen molar-refractivity contribution in [2.45, 2.75) is 12.8 Å². The minimum Gasteiger partial charge on any atom is -0.359 e. The van der Waals surface area contributed by atoms with Gasteiger partial charge in [-0.1, -0.05) is 35.3 Å². The van der Waals surface area contributed by atoms with E-state index >= 15 is 0 Å². The summed E-state index contributed by atoms with van der Waals surface area (Å²) < 4.78 is 0. The molecule has 2 unspecified atom stereocenters. The summed E-state index contributed by atoms with van der Waals surface area (Å²) in [5, 5.41) is 9.20. The van der Waals surface area contributed by atoms with E-state index in [4.69, 9.17) is 23.2 Å². The van der Waals surface area contributed by atoms with Gasteiger partial charge in [-0.25, -0.2) is 4.98 Å². The van der Waals surface area contributed by atoms with Gasteiger partial charge >= 0.3 is 0 Å². The molecule has 0 N–H and O–H groups in total. The van der Waals surface area contributed by atoms with Gasteiger partial charge in [-0.2, -0.15) is 10.2 Å². The Kier molecular flexibility index (Phi) is 6.39. The van der Waals surface area contributed by atoms with Crippen LogP contribution in [0.4, 0.5) is 5.82 Å². The highest BCUT2D eigenvalue weighted by molar-refractivity contribution is 6.30. The van der Waals surface area contributed by atoms with E-state index in [1.54, 1.807) is 12.3 Å². The maximum atomic E-state index is 13.2. The molecule has 8 heteroatoms. The van der Waals surface area contributed by atoms with E-state index in [0.717, 1.165) is 18.1 Å². The predicted molar refractivity (Wildman–Crippen MR) is 123 cm³/mol. The zero-order valence-corrected chi connectivity index (χ0v) is 18.9. The Morgan fingerprint density at radius 1 is 1.10 bits per heavy atom. The van der Waals surface area contributed by atoms with E-state index in [9.17, 15) is 4.79 Å². The van der Waals surface area contributed by atoms with E-state index < -0.39 is 0 Å². The van der Waals surface area contributed by atoms with Gasteiger partial charge in [0.1, 0.15) is 5.82 Å². The normalized spacial score (nSPS) is 18.3. The number of aromatic nitrogens is 3. The Hall–Kier alpha value is -2.70. The van der Waals surface area contributed by atoms with Gasteiger partial charge < -0.3 is 9.80 Å². The largest absolute Gasteiger partial charge is 0.359 e. The van der Waals surface area contributed by atoms with Crippen molar-refractivity contribution in [3.8, 4) is 0 Å². The van der Waals surface area contributed by atoms with E-state index in [0.29, 0.717) is 28.7 Å². The molecule has 1 fully saturated rings. The molecule has 1 saturated heterocycles. The predicted octanol–water partition coefficient (Wildman–Crippen LogP) is 4.48. The molecular formula is C23H23Cl2N5O. The smallest absolute Gasteiger partial charge is 0.255 e. The summed E-state index contributed by atoms with van der Waals surface area (Å²) in [5.74, 6) is 1.24. The number of rotatable bonds is 5. The molecule has 1 aromatic carbocycles. The molecule has 0 aliphatic carbocycles. The summed E-state index contributed by atoms with van der Waals surface area (Å²) in [5.41, 5.74) is 2.46. The molecule has 0 spiro atoms. The van der Waals surface area contributed by atoms with Crippen LogP contribution in [0, 0.1) is 12.8 Å². The number of carbonyl (C=O) groups is 1. The molecule has 1 aliphatic rings. The third-order valence-electron chi connectivity index (χ3n) is 5.66. The molecule has 1 amide bonds. The van der Waals surface area contributed by atoms with Crippen LogP contribution in [0.25, 0.3) is 0 Å². The van der Waals surface area contributed by atoms with Crippen LogP contribution >= 0.6 is 23.2 Å². The van der Waals surface area contributed by atoms with Crippen molar-refractivity contribution >= 4 is 34.9 Å².